The van der Waals surface area contributed by atoms with Crippen LogP contribution < -0.4 is 14.2 Å². The molecule has 5 aromatic rings. The van der Waals surface area contributed by atoms with Crippen LogP contribution in [0.1, 0.15) is 56.1 Å². The molecule has 0 amide bonds. The fourth-order valence-corrected chi connectivity index (χ4v) is 8.04. The number of nitriles is 2. The molecule has 0 heterocycles. The maximum absolute atomic E-state index is 14.2. The van der Waals surface area contributed by atoms with Crippen molar-refractivity contribution in [3.8, 4) is 40.9 Å². The van der Waals surface area contributed by atoms with Gasteiger partial charge in [-0.15, -0.1) is 0 Å². The van der Waals surface area contributed by atoms with Crippen molar-refractivity contribution in [2.75, 3.05) is 6.61 Å². The van der Waals surface area contributed by atoms with Gasteiger partial charge in [0.05, 0.1) is 12.5 Å². The van der Waals surface area contributed by atoms with E-state index in [1.54, 1.807) is 78.9 Å². The summed E-state index contributed by atoms with van der Waals surface area (Å²) in [4.78, 5) is 25.9. The van der Waals surface area contributed by atoms with Crippen molar-refractivity contribution in [1.82, 2.24) is 0 Å². The monoisotopic (exact) mass is 914 g/mol. The molecule has 0 aromatic heterocycles. The van der Waals surface area contributed by atoms with E-state index >= 15 is 0 Å². The van der Waals surface area contributed by atoms with E-state index in [9.17, 15) is 24.5 Å². The SMILES string of the molecule is CC1(C)C(C=C(Cl)Cl)C1C(=O)OC(C#N)c1ccc(F)c(Oc2ccccc2)c1.CCOc1ccc(C2(C(=O)OC(C#N)c3cccc(Oc4ccccc4)c3)CC2(Cl)Cl)cc1. The standard InChI is InChI=1S/C26H21Cl2NO4.C22H18Cl2FNO3/c1-2-31-20-13-11-19(12-14-20)25(17-26(25,27)28)24(30)33-23(16-29)18-7-6-10-22(15-18)32-21-8-4-3-5-9-21;1-22(2)15(11-19(23)24)20(22)21(27)29-18(12-26)13-8-9-16(25)17(10-13)28-14-6-4-3-5-7-14/h3-15,23H,2,17H2,1H3;3-11,15,18,20H,1-2H3. The number of benzene rings is 5. The van der Waals surface area contributed by atoms with E-state index < -0.39 is 45.6 Å². The summed E-state index contributed by atoms with van der Waals surface area (Å²) in [5.74, 6) is -0.196. The van der Waals surface area contributed by atoms with Crippen LogP contribution in [-0.4, -0.2) is 22.9 Å². The van der Waals surface area contributed by atoms with Crippen LogP contribution in [0.2, 0.25) is 0 Å². The van der Waals surface area contributed by atoms with Gasteiger partial charge in [-0.3, -0.25) is 9.59 Å². The van der Waals surface area contributed by atoms with Crippen LogP contribution in [0.15, 0.2) is 138 Å². The third-order valence-corrected chi connectivity index (χ3v) is 11.7. The van der Waals surface area contributed by atoms with Gasteiger partial charge in [-0.1, -0.05) is 127 Å². The van der Waals surface area contributed by atoms with E-state index in [1.807, 2.05) is 69.3 Å². The maximum Gasteiger partial charge on any atom is 0.321 e. The minimum Gasteiger partial charge on any atom is -0.494 e. The molecule has 9 nitrogen and oxygen atoms in total. The molecular weight excluding hydrogens is 877 g/mol. The average Bonchev–Trinajstić information content (AvgIpc) is 4.05. The predicted octanol–water partition coefficient (Wildman–Crippen LogP) is 12.8. The summed E-state index contributed by atoms with van der Waals surface area (Å²) in [5.41, 5.74) is -0.227. The molecule has 0 N–H and O–H groups in total. The Labute approximate surface area is 379 Å². The molecule has 0 bridgehead atoms. The van der Waals surface area contributed by atoms with E-state index in [1.165, 1.54) is 18.2 Å². The first-order valence-electron chi connectivity index (χ1n) is 19.3. The number of rotatable bonds is 14. The molecular formula is C48H39Cl4FN2O7. The zero-order valence-electron chi connectivity index (χ0n) is 33.6. The highest BCUT2D eigenvalue weighted by molar-refractivity contribution is 6.56. The summed E-state index contributed by atoms with van der Waals surface area (Å²) < 4.78 is 40.8. The van der Waals surface area contributed by atoms with Crippen molar-refractivity contribution in [3.63, 3.8) is 0 Å². The van der Waals surface area contributed by atoms with Gasteiger partial charge < -0.3 is 23.7 Å². The first-order chi connectivity index (χ1) is 29.6. The molecule has 5 atom stereocenters. The molecule has 0 aliphatic heterocycles. The van der Waals surface area contributed by atoms with Gasteiger partial charge >= 0.3 is 11.9 Å². The highest BCUT2D eigenvalue weighted by atomic mass is 35.5. The molecule has 62 heavy (non-hydrogen) atoms. The van der Waals surface area contributed by atoms with Crippen LogP contribution in [0, 0.1) is 45.7 Å². The van der Waals surface area contributed by atoms with Gasteiger partial charge in [-0.05, 0) is 90.6 Å². The maximum atomic E-state index is 14.2. The lowest BCUT2D eigenvalue weighted by molar-refractivity contribution is -0.150. The van der Waals surface area contributed by atoms with Gasteiger partial charge in [0.2, 0.25) is 12.2 Å². The average molecular weight is 917 g/mol. The summed E-state index contributed by atoms with van der Waals surface area (Å²) >= 11 is 24.2. The third kappa shape index (κ3) is 10.5. The lowest BCUT2D eigenvalue weighted by Gasteiger charge is -2.20. The van der Waals surface area contributed by atoms with E-state index in [4.69, 9.17) is 70.1 Å². The van der Waals surface area contributed by atoms with Crippen molar-refractivity contribution in [2.24, 2.45) is 17.3 Å². The number of carbonyl (C=O) groups excluding carboxylic acids is 2. The Bertz CT molecular complexity index is 2510. The van der Waals surface area contributed by atoms with Gasteiger partial charge in [0, 0.05) is 17.5 Å². The third-order valence-electron chi connectivity index (χ3n) is 10.5. The molecule has 14 heteroatoms. The molecule has 5 aromatic carbocycles. The minimum atomic E-state index is -1.32. The Morgan fingerprint density at radius 1 is 0.758 bits per heavy atom. The molecule has 0 radical (unpaired) electrons. The van der Waals surface area contributed by atoms with Crippen LogP contribution in [0.3, 0.4) is 0 Å². The molecule has 0 spiro atoms. The van der Waals surface area contributed by atoms with Gasteiger partial charge in [-0.25, -0.2) is 4.39 Å². The number of nitrogens with zero attached hydrogens (tertiary/aromatic N) is 2. The fraction of sp³-hybridized carbons (Fsp3) is 0.250. The summed E-state index contributed by atoms with van der Waals surface area (Å²) in [5, 5.41) is 19.2. The van der Waals surface area contributed by atoms with Gasteiger partial charge in [-0.2, -0.15) is 10.5 Å². The first-order valence-corrected chi connectivity index (χ1v) is 20.8. The second kappa shape index (κ2) is 19.5. The van der Waals surface area contributed by atoms with Crippen LogP contribution in [0.5, 0.6) is 28.7 Å². The number of para-hydroxylation sites is 2. The number of hydrogen-bond donors (Lipinski definition) is 0. The largest absolute Gasteiger partial charge is 0.494 e. The molecule has 2 aliphatic rings. The lowest BCUT2D eigenvalue weighted by atomic mass is 9.95. The van der Waals surface area contributed by atoms with Crippen molar-refractivity contribution in [3.05, 3.63) is 160 Å². The highest BCUT2D eigenvalue weighted by Gasteiger charge is 2.73. The van der Waals surface area contributed by atoms with Gasteiger partial charge in [0.1, 0.15) is 49.4 Å². The normalized spacial score (nSPS) is 19.6. The molecule has 2 fully saturated rings. The Kier molecular flexibility index (Phi) is 14.4. The lowest BCUT2D eigenvalue weighted by Crippen LogP contribution is -2.30. The number of ether oxygens (including phenoxy) is 5. The topological polar surface area (TPSA) is 128 Å². The Hall–Kier alpha value is -5.75. The van der Waals surface area contributed by atoms with E-state index in [0.717, 1.165) is 0 Å². The first kappa shape index (κ1) is 45.8. The smallest absolute Gasteiger partial charge is 0.321 e. The van der Waals surface area contributed by atoms with Crippen molar-refractivity contribution in [1.29, 1.82) is 10.5 Å². The van der Waals surface area contributed by atoms with Gasteiger partial charge in [0.15, 0.2) is 11.6 Å². The molecule has 2 saturated carbocycles. The molecule has 7 rings (SSSR count). The van der Waals surface area contributed by atoms with E-state index in [2.05, 4.69) is 0 Å². The number of carbonyl (C=O) groups is 2. The van der Waals surface area contributed by atoms with Crippen LogP contribution >= 0.6 is 46.4 Å². The number of allylic oxidation sites excluding steroid dienone is 1. The molecule has 318 valence electrons. The van der Waals surface area contributed by atoms with Gasteiger partial charge in [0.25, 0.3) is 0 Å². The van der Waals surface area contributed by atoms with E-state index in [-0.39, 0.29) is 28.0 Å². The second-order valence-corrected chi connectivity index (χ2v) is 17.5. The minimum absolute atomic E-state index is 0.0634. The Morgan fingerprint density at radius 2 is 1.32 bits per heavy atom. The van der Waals surface area contributed by atoms with E-state index in [0.29, 0.717) is 46.3 Å². The number of alkyl halides is 2. The number of hydrogen-bond acceptors (Lipinski definition) is 9. The quantitative estimate of drug-likeness (QED) is 0.0790. The summed E-state index contributed by atoms with van der Waals surface area (Å²) in [6.45, 7) is 6.19. The number of halogens is 5. The second-order valence-electron chi connectivity index (χ2n) is 15.0. The molecule has 5 unspecified atom stereocenters. The van der Waals surface area contributed by atoms with Crippen molar-refractivity contribution < 1.29 is 37.7 Å². The summed E-state index contributed by atoms with van der Waals surface area (Å²) in [6, 6.07) is 39.7. The zero-order valence-corrected chi connectivity index (χ0v) is 36.6. The molecule has 0 saturated heterocycles. The fourth-order valence-electron chi connectivity index (χ4n) is 7.00. The van der Waals surface area contributed by atoms with Crippen molar-refractivity contribution >= 4 is 58.3 Å². The van der Waals surface area contributed by atoms with Crippen LogP contribution in [0.25, 0.3) is 0 Å². The van der Waals surface area contributed by atoms with Crippen LogP contribution in [-0.2, 0) is 24.5 Å². The summed E-state index contributed by atoms with van der Waals surface area (Å²) in [6.07, 6.45) is -0.569. The predicted molar refractivity (Wildman–Crippen MR) is 234 cm³/mol. The number of esters is 2. The highest BCUT2D eigenvalue weighted by Crippen LogP contribution is 2.66. The van der Waals surface area contributed by atoms with Crippen molar-refractivity contribution in [2.45, 2.75) is 49.1 Å². The molecule has 2 aliphatic carbocycles. The zero-order chi connectivity index (χ0) is 44.7. The Morgan fingerprint density at radius 3 is 1.89 bits per heavy atom. The Balaban J connectivity index is 0.000000209. The van der Waals surface area contributed by atoms with Crippen LogP contribution in [0.4, 0.5) is 4.39 Å². The summed E-state index contributed by atoms with van der Waals surface area (Å²) in [7, 11) is 0.